The predicted octanol–water partition coefficient (Wildman–Crippen LogP) is 0.785. The first-order valence-corrected chi connectivity index (χ1v) is 5.77. The van der Waals surface area contributed by atoms with E-state index in [1.807, 2.05) is 11.8 Å². The number of carbonyl (C=O) groups excluding carboxylic acids is 1. The van der Waals surface area contributed by atoms with Crippen LogP contribution in [0.5, 0.6) is 0 Å². The summed E-state index contributed by atoms with van der Waals surface area (Å²) in [6.07, 6.45) is 2.25. The molecule has 1 rings (SSSR count). The summed E-state index contributed by atoms with van der Waals surface area (Å²) in [7, 11) is 0. The fourth-order valence-corrected chi connectivity index (χ4v) is 2.01. The van der Waals surface area contributed by atoms with Gasteiger partial charge < -0.3 is 9.84 Å². The molecule has 1 N–H and O–H groups in total. The van der Waals surface area contributed by atoms with Gasteiger partial charge in [0.05, 0.1) is 12.7 Å². The summed E-state index contributed by atoms with van der Waals surface area (Å²) in [4.78, 5) is 13.7. The van der Waals surface area contributed by atoms with E-state index in [0.717, 1.165) is 25.8 Å². The van der Waals surface area contributed by atoms with Gasteiger partial charge in [0.2, 0.25) is 0 Å². The molecular formula is C11H21NO3. The molecule has 0 saturated carbocycles. The number of hydrogen-bond acceptors (Lipinski definition) is 4. The molecule has 1 aliphatic rings. The van der Waals surface area contributed by atoms with Crippen LogP contribution < -0.4 is 0 Å². The van der Waals surface area contributed by atoms with Gasteiger partial charge in [-0.2, -0.15) is 0 Å². The third-order valence-electron chi connectivity index (χ3n) is 2.76. The van der Waals surface area contributed by atoms with Crippen LogP contribution in [0.25, 0.3) is 0 Å². The van der Waals surface area contributed by atoms with E-state index in [4.69, 9.17) is 4.74 Å². The van der Waals surface area contributed by atoms with Crippen LogP contribution >= 0.6 is 0 Å². The SMILES string of the molecule is CCCC(C(=O)OCC)N1CC[C@H](O)C1. The topological polar surface area (TPSA) is 49.8 Å². The van der Waals surface area contributed by atoms with E-state index >= 15 is 0 Å². The molecule has 0 spiro atoms. The number of nitrogens with zero attached hydrogens (tertiary/aromatic N) is 1. The Hall–Kier alpha value is -0.610. The molecule has 2 atom stereocenters. The molecule has 1 aliphatic heterocycles. The highest BCUT2D eigenvalue weighted by atomic mass is 16.5. The second kappa shape index (κ2) is 6.08. The van der Waals surface area contributed by atoms with Gasteiger partial charge in [0.15, 0.2) is 0 Å². The number of β-amino-alcohol motifs (C(OH)–C–C–N with tert-alkyl or cyclic N) is 1. The van der Waals surface area contributed by atoms with E-state index in [2.05, 4.69) is 6.92 Å². The van der Waals surface area contributed by atoms with Crippen molar-refractivity contribution in [1.82, 2.24) is 4.90 Å². The molecule has 88 valence electrons. The van der Waals surface area contributed by atoms with Gasteiger partial charge in [-0.3, -0.25) is 9.69 Å². The lowest BCUT2D eigenvalue weighted by Crippen LogP contribution is -2.41. The lowest BCUT2D eigenvalue weighted by molar-refractivity contribution is -0.149. The average molecular weight is 215 g/mol. The molecule has 0 aromatic rings. The van der Waals surface area contributed by atoms with Crippen LogP contribution in [0.1, 0.15) is 33.1 Å². The zero-order chi connectivity index (χ0) is 11.3. The Morgan fingerprint density at radius 2 is 2.33 bits per heavy atom. The van der Waals surface area contributed by atoms with Crippen molar-refractivity contribution >= 4 is 5.97 Å². The van der Waals surface area contributed by atoms with Crippen LogP contribution in [0.4, 0.5) is 0 Å². The van der Waals surface area contributed by atoms with Crippen molar-refractivity contribution in [2.45, 2.75) is 45.3 Å². The lowest BCUT2D eigenvalue weighted by Gasteiger charge is -2.25. The predicted molar refractivity (Wildman–Crippen MR) is 57.5 cm³/mol. The Balaban J connectivity index is 2.52. The van der Waals surface area contributed by atoms with E-state index in [-0.39, 0.29) is 18.1 Å². The Morgan fingerprint density at radius 3 is 2.80 bits per heavy atom. The smallest absolute Gasteiger partial charge is 0.323 e. The first-order valence-electron chi connectivity index (χ1n) is 5.77. The van der Waals surface area contributed by atoms with Crippen molar-refractivity contribution < 1.29 is 14.6 Å². The molecule has 0 radical (unpaired) electrons. The van der Waals surface area contributed by atoms with Gasteiger partial charge in [-0.25, -0.2) is 0 Å². The van der Waals surface area contributed by atoms with Gasteiger partial charge in [-0.05, 0) is 19.8 Å². The summed E-state index contributed by atoms with van der Waals surface area (Å²) in [6.45, 7) is 5.70. The van der Waals surface area contributed by atoms with E-state index in [1.54, 1.807) is 0 Å². The summed E-state index contributed by atoms with van der Waals surface area (Å²) < 4.78 is 5.04. The fourth-order valence-electron chi connectivity index (χ4n) is 2.01. The number of ether oxygens (including phenoxy) is 1. The number of rotatable bonds is 5. The van der Waals surface area contributed by atoms with Crippen molar-refractivity contribution in [3.8, 4) is 0 Å². The number of aliphatic hydroxyl groups excluding tert-OH is 1. The summed E-state index contributed by atoms with van der Waals surface area (Å²) in [5, 5.41) is 9.43. The number of likely N-dealkylation sites (tertiary alicyclic amines) is 1. The zero-order valence-electron chi connectivity index (χ0n) is 9.61. The van der Waals surface area contributed by atoms with E-state index < -0.39 is 0 Å². The third kappa shape index (κ3) is 3.47. The Kier molecular flexibility index (Phi) is 5.05. The van der Waals surface area contributed by atoms with Gasteiger partial charge in [-0.1, -0.05) is 13.3 Å². The molecule has 0 aliphatic carbocycles. The number of esters is 1. The highest BCUT2D eigenvalue weighted by molar-refractivity contribution is 5.75. The van der Waals surface area contributed by atoms with Crippen LogP contribution in [0.15, 0.2) is 0 Å². The lowest BCUT2D eigenvalue weighted by atomic mass is 10.1. The molecule has 4 nitrogen and oxygen atoms in total. The first kappa shape index (κ1) is 12.5. The molecule has 0 bridgehead atoms. The van der Waals surface area contributed by atoms with Gasteiger partial charge in [0.25, 0.3) is 0 Å². The van der Waals surface area contributed by atoms with E-state index in [0.29, 0.717) is 13.2 Å². The highest BCUT2D eigenvalue weighted by Crippen LogP contribution is 2.17. The minimum absolute atomic E-state index is 0.145. The molecule has 0 aromatic carbocycles. The molecule has 0 aromatic heterocycles. The molecule has 1 heterocycles. The Morgan fingerprint density at radius 1 is 1.60 bits per heavy atom. The monoisotopic (exact) mass is 215 g/mol. The van der Waals surface area contributed by atoms with Crippen molar-refractivity contribution in [3.63, 3.8) is 0 Å². The second-order valence-electron chi connectivity index (χ2n) is 3.99. The van der Waals surface area contributed by atoms with Crippen LogP contribution in [0, 0.1) is 0 Å². The largest absolute Gasteiger partial charge is 0.465 e. The van der Waals surface area contributed by atoms with Gasteiger partial charge in [-0.15, -0.1) is 0 Å². The van der Waals surface area contributed by atoms with Crippen LogP contribution in [0.2, 0.25) is 0 Å². The Bertz CT molecular complexity index is 208. The normalized spacial score (nSPS) is 24.1. The average Bonchev–Trinajstić information content (AvgIpc) is 2.61. The van der Waals surface area contributed by atoms with Crippen LogP contribution in [0.3, 0.4) is 0 Å². The summed E-state index contributed by atoms with van der Waals surface area (Å²) in [5.74, 6) is -0.145. The third-order valence-corrected chi connectivity index (χ3v) is 2.76. The number of aliphatic hydroxyl groups is 1. The van der Waals surface area contributed by atoms with Crippen molar-refractivity contribution in [2.75, 3.05) is 19.7 Å². The van der Waals surface area contributed by atoms with Crippen molar-refractivity contribution in [1.29, 1.82) is 0 Å². The summed E-state index contributed by atoms with van der Waals surface area (Å²) in [5.41, 5.74) is 0. The maximum atomic E-state index is 11.7. The molecule has 1 unspecified atom stereocenters. The molecule has 15 heavy (non-hydrogen) atoms. The van der Waals surface area contributed by atoms with Gasteiger partial charge in [0, 0.05) is 13.1 Å². The maximum Gasteiger partial charge on any atom is 0.323 e. The summed E-state index contributed by atoms with van der Waals surface area (Å²) >= 11 is 0. The molecule has 4 heteroatoms. The van der Waals surface area contributed by atoms with E-state index in [9.17, 15) is 9.90 Å². The Labute approximate surface area is 91.2 Å². The minimum Gasteiger partial charge on any atom is -0.465 e. The highest BCUT2D eigenvalue weighted by Gasteiger charge is 2.31. The standard InChI is InChI=1S/C11H21NO3/c1-3-5-10(11(14)15-4-2)12-7-6-9(13)8-12/h9-10,13H,3-8H2,1-2H3/t9-,10?/m0/s1. The van der Waals surface area contributed by atoms with Crippen LogP contribution in [-0.4, -0.2) is 47.8 Å². The van der Waals surface area contributed by atoms with Crippen molar-refractivity contribution in [3.05, 3.63) is 0 Å². The molecule has 0 amide bonds. The number of hydrogen-bond donors (Lipinski definition) is 1. The fraction of sp³-hybridized carbons (Fsp3) is 0.909. The summed E-state index contributed by atoms with van der Waals surface area (Å²) in [6, 6.07) is -0.160. The zero-order valence-corrected chi connectivity index (χ0v) is 9.61. The minimum atomic E-state index is -0.279. The van der Waals surface area contributed by atoms with Gasteiger partial charge in [0.1, 0.15) is 6.04 Å². The molecule has 1 saturated heterocycles. The van der Waals surface area contributed by atoms with E-state index in [1.165, 1.54) is 0 Å². The van der Waals surface area contributed by atoms with Crippen molar-refractivity contribution in [2.24, 2.45) is 0 Å². The maximum absolute atomic E-state index is 11.7. The number of carbonyl (C=O) groups is 1. The van der Waals surface area contributed by atoms with Gasteiger partial charge >= 0.3 is 5.97 Å². The molecular weight excluding hydrogens is 194 g/mol. The first-order chi connectivity index (χ1) is 7.19. The van der Waals surface area contributed by atoms with Crippen LogP contribution in [-0.2, 0) is 9.53 Å². The molecule has 1 fully saturated rings. The second-order valence-corrected chi connectivity index (χ2v) is 3.99. The quantitative estimate of drug-likeness (QED) is 0.689.